The van der Waals surface area contributed by atoms with Crippen LogP contribution < -0.4 is 10.5 Å². The first kappa shape index (κ1) is 22.3. The predicted molar refractivity (Wildman–Crippen MR) is 127 cm³/mol. The average Bonchev–Trinajstić information content (AvgIpc) is 3.00. The highest BCUT2D eigenvalue weighted by Gasteiger charge is 2.32. The Morgan fingerprint density at radius 2 is 1.97 bits per heavy atom. The Hall–Kier alpha value is -2.37. The fraction of sp³-hybridized carbons (Fsp3) is 0.455. The van der Waals surface area contributed by atoms with Crippen LogP contribution in [-0.4, -0.2) is 39.3 Å². The number of piperidine rings is 1. The van der Waals surface area contributed by atoms with Crippen molar-refractivity contribution in [3.63, 3.8) is 0 Å². The summed E-state index contributed by atoms with van der Waals surface area (Å²) in [7, 11) is 0. The van der Waals surface area contributed by atoms with Gasteiger partial charge < -0.3 is 4.90 Å². The SMILES string of the molecule is C=CCN1C(=O)C(=Cc2c(C)c(C#N)c(=O)n(CCC)c2N2CCCCC2)SC1=S. The molecule has 0 unspecified atom stereocenters. The summed E-state index contributed by atoms with van der Waals surface area (Å²) in [5.74, 6) is 0.646. The molecule has 3 heterocycles. The Kier molecular flexibility index (Phi) is 7.16. The Bertz CT molecular complexity index is 1010. The molecule has 2 saturated heterocycles. The van der Waals surface area contributed by atoms with Crippen LogP contribution in [0.4, 0.5) is 5.82 Å². The number of thioether (sulfide) groups is 1. The van der Waals surface area contributed by atoms with Crippen molar-refractivity contribution < 1.29 is 4.79 Å². The Morgan fingerprint density at radius 3 is 2.57 bits per heavy atom. The summed E-state index contributed by atoms with van der Waals surface area (Å²) in [6.07, 6.45) is 7.51. The summed E-state index contributed by atoms with van der Waals surface area (Å²) < 4.78 is 2.21. The minimum Gasteiger partial charge on any atom is -0.357 e. The molecule has 3 rings (SSSR count). The molecule has 0 bridgehead atoms. The maximum atomic E-state index is 13.1. The summed E-state index contributed by atoms with van der Waals surface area (Å²) in [4.78, 5) is 30.2. The second-order valence-electron chi connectivity index (χ2n) is 7.43. The van der Waals surface area contributed by atoms with Crippen LogP contribution in [0, 0.1) is 18.3 Å². The topological polar surface area (TPSA) is 69.3 Å². The van der Waals surface area contributed by atoms with Gasteiger partial charge in [0.2, 0.25) is 0 Å². The smallest absolute Gasteiger partial charge is 0.270 e. The number of hydrogen-bond acceptors (Lipinski definition) is 6. The van der Waals surface area contributed by atoms with Gasteiger partial charge in [0.15, 0.2) is 0 Å². The molecule has 0 N–H and O–H groups in total. The number of amides is 1. The fourth-order valence-electron chi connectivity index (χ4n) is 3.94. The monoisotopic (exact) mass is 442 g/mol. The van der Waals surface area contributed by atoms with E-state index >= 15 is 0 Å². The molecule has 0 aromatic carbocycles. The van der Waals surface area contributed by atoms with Crippen LogP contribution in [0.25, 0.3) is 6.08 Å². The second kappa shape index (κ2) is 9.63. The number of nitriles is 1. The van der Waals surface area contributed by atoms with Crippen molar-refractivity contribution in [2.75, 3.05) is 24.5 Å². The molecule has 8 heteroatoms. The van der Waals surface area contributed by atoms with Crippen LogP contribution in [0.1, 0.15) is 49.3 Å². The van der Waals surface area contributed by atoms with Crippen molar-refractivity contribution >= 4 is 46.1 Å². The van der Waals surface area contributed by atoms with Gasteiger partial charge in [-0.3, -0.25) is 19.1 Å². The van der Waals surface area contributed by atoms with E-state index in [4.69, 9.17) is 12.2 Å². The largest absolute Gasteiger partial charge is 0.357 e. The summed E-state index contributed by atoms with van der Waals surface area (Å²) in [5.41, 5.74) is 1.26. The van der Waals surface area contributed by atoms with Crippen molar-refractivity contribution in [2.24, 2.45) is 0 Å². The van der Waals surface area contributed by atoms with Gasteiger partial charge in [-0.15, -0.1) is 6.58 Å². The molecule has 0 spiro atoms. The van der Waals surface area contributed by atoms with E-state index in [9.17, 15) is 14.9 Å². The molecular weight excluding hydrogens is 416 g/mol. The first-order valence-corrected chi connectivity index (χ1v) is 11.5. The van der Waals surface area contributed by atoms with Crippen molar-refractivity contribution in [1.82, 2.24) is 9.47 Å². The lowest BCUT2D eigenvalue weighted by molar-refractivity contribution is -0.121. The molecule has 158 valence electrons. The number of aromatic nitrogens is 1. The first-order chi connectivity index (χ1) is 14.4. The standard InChI is InChI=1S/C22H26N4O2S2/c1-4-9-25-19(24-11-7-6-8-12-24)16(15(3)17(14-23)20(25)27)13-18-21(28)26(10-5-2)22(29)30-18/h5,13H,2,4,6-12H2,1,3H3. The van der Waals surface area contributed by atoms with Gasteiger partial charge in [0.1, 0.15) is 21.8 Å². The van der Waals surface area contributed by atoms with E-state index in [0.717, 1.165) is 43.7 Å². The number of carbonyl (C=O) groups excluding carboxylic acids is 1. The summed E-state index contributed by atoms with van der Waals surface area (Å²) in [5, 5.41) is 9.67. The van der Waals surface area contributed by atoms with Crippen molar-refractivity contribution in [1.29, 1.82) is 5.26 Å². The molecule has 0 saturated carbocycles. The Balaban J connectivity index is 2.24. The van der Waals surface area contributed by atoms with Gasteiger partial charge in [-0.2, -0.15) is 5.26 Å². The Morgan fingerprint density at radius 1 is 1.27 bits per heavy atom. The first-order valence-electron chi connectivity index (χ1n) is 10.2. The molecule has 1 aromatic heterocycles. The molecule has 2 aliphatic rings. The molecule has 1 aromatic rings. The molecule has 0 aliphatic carbocycles. The highest BCUT2D eigenvalue weighted by Crippen LogP contribution is 2.36. The van der Waals surface area contributed by atoms with Gasteiger partial charge in [-0.05, 0) is 44.2 Å². The van der Waals surface area contributed by atoms with Gasteiger partial charge in [-0.25, -0.2) is 0 Å². The number of hydrogen-bond donors (Lipinski definition) is 0. The third kappa shape index (κ3) is 4.09. The normalized spacial score (nSPS) is 18.2. The van der Waals surface area contributed by atoms with Crippen molar-refractivity contribution in [3.8, 4) is 6.07 Å². The van der Waals surface area contributed by atoms with Gasteiger partial charge in [-0.1, -0.05) is 37.0 Å². The zero-order chi connectivity index (χ0) is 21.8. The summed E-state index contributed by atoms with van der Waals surface area (Å²) in [6, 6.07) is 2.08. The highest BCUT2D eigenvalue weighted by molar-refractivity contribution is 8.26. The van der Waals surface area contributed by atoms with Gasteiger partial charge >= 0.3 is 0 Å². The van der Waals surface area contributed by atoms with E-state index < -0.39 is 0 Å². The minimum absolute atomic E-state index is 0.136. The molecule has 2 fully saturated rings. The van der Waals surface area contributed by atoms with Crippen LogP contribution in [0.15, 0.2) is 22.4 Å². The summed E-state index contributed by atoms with van der Waals surface area (Å²) >= 11 is 6.62. The number of rotatable bonds is 6. The lowest BCUT2D eigenvalue weighted by atomic mass is 10.0. The Labute approximate surface area is 186 Å². The molecule has 6 nitrogen and oxygen atoms in total. The molecule has 0 radical (unpaired) electrons. The van der Waals surface area contributed by atoms with E-state index in [0.29, 0.717) is 27.9 Å². The van der Waals surface area contributed by atoms with Crippen LogP contribution in [0.2, 0.25) is 0 Å². The number of nitrogens with zero attached hydrogens (tertiary/aromatic N) is 4. The van der Waals surface area contributed by atoms with E-state index in [1.54, 1.807) is 17.6 Å². The van der Waals surface area contributed by atoms with Crippen LogP contribution in [0.5, 0.6) is 0 Å². The average molecular weight is 443 g/mol. The number of pyridine rings is 1. The van der Waals surface area contributed by atoms with Crippen molar-refractivity contribution in [2.45, 2.75) is 46.1 Å². The zero-order valence-corrected chi connectivity index (χ0v) is 19.1. The lowest BCUT2D eigenvalue weighted by Crippen LogP contribution is -2.37. The molecule has 0 atom stereocenters. The van der Waals surface area contributed by atoms with Gasteiger partial charge in [0, 0.05) is 31.7 Å². The molecule has 2 aliphatic heterocycles. The van der Waals surface area contributed by atoms with Crippen molar-refractivity contribution in [3.05, 3.63) is 44.6 Å². The predicted octanol–water partition coefficient (Wildman–Crippen LogP) is 3.82. The highest BCUT2D eigenvalue weighted by atomic mass is 32.2. The summed E-state index contributed by atoms with van der Waals surface area (Å²) in [6.45, 7) is 10.1. The van der Waals surface area contributed by atoms with E-state index in [1.807, 2.05) is 13.0 Å². The maximum Gasteiger partial charge on any atom is 0.270 e. The lowest BCUT2D eigenvalue weighted by Gasteiger charge is -2.33. The number of carbonyl (C=O) groups is 1. The van der Waals surface area contributed by atoms with E-state index in [1.165, 1.54) is 23.1 Å². The second-order valence-corrected chi connectivity index (χ2v) is 9.11. The van der Waals surface area contributed by atoms with E-state index in [-0.39, 0.29) is 17.0 Å². The fourth-order valence-corrected chi connectivity index (χ4v) is 5.20. The van der Waals surface area contributed by atoms with Crippen LogP contribution in [0.3, 0.4) is 0 Å². The molecule has 1 amide bonds. The number of thiocarbonyl (C=S) groups is 1. The molecular formula is C22H26N4O2S2. The third-order valence-electron chi connectivity index (χ3n) is 5.41. The van der Waals surface area contributed by atoms with Gasteiger partial charge in [0.05, 0.1) is 4.91 Å². The third-order valence-corrected chi connectivity index (χ3v) is 6.79. The molecule has 30 heavy (non-hydrogen) atoms. The van der Waals surface area contributed by atoms with Crippen LogP contribution >= 0.6 is 24.0 Å². The van der Waals surface area contributed by atoms with Crippen LogP contribution in [-0.2, 0) is 11.3 Å². The van der Waals surface area contributed by atoms with Gasteiger partial charge in [0.25, 0.3) is 11.5 Å². The quantitative estimate of drug-likeness (QED) is 0.379. The number of anilines is 1. The van der Waals surface area contributed by atoms with E-state index in [2.05, 4.69) is 17.5 Å². The zero-order valence-electron chi connectivity index (χ0n) is 17.4. The minimum atomic E-state index is -0.256. The maximum absolute atomic E-state index is 13.1.